The van der Waals surface area contributed by atoms with Gasteiger partial charge in [-0.05, 0) is 37.5 Å². The van der Waals surface area contributed by atoms with Crippen LogP contribution < -0.4 is 0 Å². The van der Waals surface area contributed by atoms with Crippen LogP contribution in [0.25, 0.3) is 0 Å². The molecule has 0 aromatic rings. The van der Waals surface area contributed by atoms with Crippen molar-refractivity contribution in [3.63, 3.8) is 0 Å². The van der Waals surface area contributed by atoms with Crippen molar-refractivity contribution in [2.75, 3.05) is 13.1 Å². The van der Waals surface area contributed by atoms with E-state index in [1.165, 1.54) is 64.2 Å². The zero-order valence-corrected chi connectivity index (χ0v) is 12.0. The van der Waals surface area contributed by atoms with Gasteiger partial charge in [0, 0.05) is 20.0 Å². The van der Waals surface area contributed by atoms with Gasteiger partial charge in [0.25, 0.3) is 0 Å². The maximum absolute atomic E-state index is 11.8. The van der Waals surface area contributed by atoms with E-state index in [1.807, 2.05) is 0 Å². The molecule has 2 rings (SSSR count). The number of amides is 1. The summed E-state index contributed by atoms with van der Waals surface area (Å²) >= 11 is 0. The van der Waals surface area contributed by atoms with Gasteiger partial charge in [-0.3, -0.25) is 4.79 Å². The smallest absolute Gasteiger partial charge is 0.219 e. The molecule has 2 saturated carbocycles. The molecule has 0 saturated heterocycles. The lowest BCUT2D eigenvalue weighted by molar-refractivity contribution is -0.130. The maximum atomic E-state index is 11.8. The lowest BCUT2D eigenvalue weighted by atomic mass is 9.87. The molecule has 2 heteroatoms. The van der Waals surface area contributed by atoms with Gasteiger partial charge in [-0.2, -0.15) is 0 Å². The highest BCUT2D eigenvalue weighted by Gasteiger charge is 2.22. The van der Waals surface area contributed by atoms with E-state index in [0.29, 0.717) is 5.91 Å². The lowest BCUT2D eigenvalue weighted by Gasteiger charge is -2.33. The normalized spacial score (nSPS) is 22.9. The van der Waals surface area contributed by atoms with Gasteiger partial charge < -0.3 is 4.90 Å². The van der Waals surface area contributed by atoms with Crippen LogP contribution in [-0.4, -0.2) is 23.9 Å². The molecule has 18 heavy (non-hydrogen) atoms. The summed E-state index contributed by atoms with van der Waals surface area (Å²) < 4.78 is 0. The molecule has 2 fully saturated rings. The van der Waals surface area contributed by atoms with E-state index in [4.69, 9.17) is 0 Å². The third-order valence-corrected chi connectivity index (χ3v) is 4.85. The molecule has 2 aliphatic carbocycles. The van der Waals surface area contributed by atoms with Crippen molar-refractivity contribution in [1.29, 1.82) is 0 Å². The second-order valence-corrected chi connectivity index (χ2v) is 6.43. The molecule has 2 nitrogen and oxygen atoms in total. The summed E-state index contributed by atoms with van der Waals surface area (Å²) in [6.45, 7) is 3.82. The molecule has 2 aliphatic rings. The number of nitrogens with zero attached hydrogens (tertiary/aromatic N) is 1. The second-order valence-electron chi connectivity index (χ2n) is 6.43. The summed E-state index contributed by atoms with van der Waals surface area (Å²) in [6.07, 6.45) is 13.7. The topological polar surface area (TPSA) is 20.3 Å². The Morgan fingerprint density at radius 2 is 1.22 bits per heavy atom. The van der Waals surface area contributed by atoms with Gasteiger partial charge in [-0.1, -0.05) is 38.5 Å². The summed E-state index contributed by atoms with van der Waals surface area (Å²) in [4.78, 5) is 14.0. The lowest BCUT2D eigenvalue weighted by Crippen LogP contribution is -2.38. The van der Waals surface area contributed by atoms with E-state index in [-0.39, 0.29) is 0 Å². The van der Waals surface area contributed by atoms with Gasteiger partial charge in [0.15, 0.2) is 0 Å². The Labute approximate surface area is 112 Å². The average Bonchev–Trinajstić information content (AvgIpc) is 2.40. The van der Waals surface area contributed by atoms with Crippen molar-refractivity contribution >= 4 is 5.91 Å². The minimum absolute atomic E-state index is 0.297. The molecule has 0 spiro atoms. The highest BCUT2D eigenvalue weighted by Crippen LogP contribution is 2.27. The molecule has 1 amide bonds. The van der Waals surface area contributed by atoms with Gasteiger partial charge in [-0.25, -0.2) is 0 Å². The van der Waals surface area contributed by atoms with E-state index >= 15 is 0 Å². The second kappa shape index (κ2) is 7.16. The number of carbonyl (C=O) groups is 1. The first-order valence-corrected chi connectivity index (χ1v) is 8.01. The van der Waals surface area contributed by atoms with Crippen LogP contribution in [-0.2, 0) is 4.79 Å². The quantitative estimate of drug-likeness (QED) is 0.739. The zero-order chi connectivity index (χ0) is 12.8. The Morgan fingerprint density at radius 1 is 0.833 bits per heavy atom. The van der Waals surface area contributed by atoms with Crippen LogP contribution in [0.5, 0.6) is 0 Å². The van der Waals surface area contributed by atoms with Crippen molar-refractivity contribution in [2.24, 2.45) is 11.8 Å². The van der Waals surface area contributed by atoms with Crippen LogP contribution in [0.3, 0.4) is 0 Å². The molecule has 0 aromatic heterocycles. The molecule has 0 bridgehead atoms. The Bertz CT molecular complexity index is 232. The minimum Gasteiger partial charge on any atom is -0.342 e. The van der Waals surface area contributed by atoms with Crippen LogP contribution >= 0.6 is 0 Å². The van der Waals surface area contributed by atoms with Crippen molar-refractivity contribution in [1.82, 2.24) is 4.90 Å². The zero-order valence-electron chi connectivity index (χ0n) is 12.0. The fourth-order valence-corrected chi connectivity index (χ4v) is 3.69. The molecule has 0 N–H and O–H groups in total. The Balaban J connectivity index is 1.80. The molecule has 104 valence electrons. The first kappa shape index (κ1) is 13.9. The van der Waals surface area contributed by atoms with E-state index in [2.05, 4.69) is 4.90 Å². The Kier molecular flexibility index (Phi) is 5.52. The van der Waals surface area contributed by atoms with E-state index in [9.17, 15) is 4.79 Å². The van der Waals surface area contributed by atoms with Gasteiger partial charge >= 0.3 is 0 Å². The fourth-order valence-electron chi connectivity index (χ4n) is 3.69. The highest BCUT2D eigenvalue weighted by atomic mass is 16.2. The Hall–Kier alpha value is -0.530. The third-order valence-electron chi connectivity index (χ3n) is 4.85. The molecule has 0 atom stereocenters. The fraction of sp³-hybridized carbons (Fsp3) is 0.938. The minimum atomic E-state index is 0.297. The SMILES string of the molecule is CC(=O)N(CC1CCCCC1)CC1CCCCC1. The molecule has 0 radical (unpaired) electrons. The summed E-state index contributed by atoms with van der Waals surface area (Å²) in [7, 11) is 0. The standard InChI is InChI=1S/C16H29NO/c1-14(18)17(12-15-8-4-2-5-9-15)13-16-10-6-3-7-11-16/h15-16H,2-13H2,1H3. The summed E-state index contributed by atoms with van der Waals surface area (Å²) in [5.74, 6) is 1.86. The van der Waals surface area contributed by atoms with Gasteiger partial charge in [-0.15, -0.1) is 0 Å². The van der Waals surface area contributed by atoms with Crippen molar-refractivity contribution in [3.8, 4) is 0 Å². The van der Waals surface area contributed by atoms with Crippen LogP contribution in [0, 0.1) is 11.8 Å². The number of rotatable bonds is 4. The first-order valence-electron chi connectivity index (χ1n) is 8.01. The van der Waals surface area contributed by atoms with Crippen LogP contribution in [0.2, 0.25) is 0 Å². The average molecular weight is 251 g/mol. The van der Waals surface area contributed by atoms with Gasteiger partial charge in [0.2, 0.25) is 5.91 Å². The largest absolute Gasteiger partial charge is 0.342 e. The molecular weight excluding hydrogens is 222 g/mol. The van der Waals surface area contributed by atoms with Crippen LogP contribution in [0.1, 0.15) is 71.1 Å². The van der Waals surface area contributed by atoms with Gasteiger partial charge in [0.1, 0.15) is 0 Å². The molecule has 0 aromatic carbocycles. The van der Waals surface area contributed by atoms with Crippen LogP contribution in [0.15, 0.2) is 0 Å². The van der Waals surface area contributed by atoms with Crippen molar-refractivity contribution < 1.29 is 4.79 Å². The van der Waals surface area contributed by atoms with Crippen molar-refractivity contribution in [3.05, 3.63) is 0 Å². The summed E-state index contributed by atoms with van der Waals surface area (Å²) in [6, 6.07) is 0. The third kappa shape index (κ3) is 4.29. The summed E-state index contributed by atoms with van der Waals surface area (Å²) in [5, 5.41) is 0. The molecular formula is C16H29NO. The predicted molar refractivity (Wildman–Crippen MR) is 75.4 cm³/mol. The molecule has 0 aliphatic heterocycles. The maximum Gasteiger partial charge on any atom is 0.219 e. The first-order chi connectivity index (χ1) is 8.75. The number of hydrogen-bond donors (Lipinski definition) is 0. The van der Waals surface area contributed by atoms with Crippen molar-refractivity contribution in [2.45, 2.75) is 71.1 Å². The molecule has 0 heterocycles. The molecule has 0 unspecified atom stereocenters. The highest BCUT2D eigenvalue weighted by molar-refractivity contribution is 5.73. The van der Waals surface area contributed by atoms with Crippen LogP contribution in [0.4, 0.5) is 0 Å². The predicted octanol–water partition coefficient (Wildman–Crippen LogP) is 4.00. The number of carbonyl (C=O) groups excluding carboxylic acids is 1. The monoisotopic (exact) mass is 251 g/mol. The van der Waals surface area contributed by atoms with Gasteiger partial charge in [0.05, 0.1) is 0 Å². The Morgan fingerprint density at radius 3 is 1.56 bits per heavy atom. The number of hydrogen-bond acceptors (Lipinski definition) is 1. The summed E-state index contributed by atoms with van der Waals surface area (Å²) in [5.41, 5.74) is 0. The van der Waals surface area contributed by atoms with E-state index in [1.54, 1.807) is 6.92 Å². The van der Waals surface area contributed by atoms with E-state index < -0.39 is 0 Å². The van der Waals surface area contributed by atoms with E-state index in [0.717, 1.165) is 24.9 Å².